The van der Waals surface area contributed by atoms with Crippen molar-refractivity contribution in [1.29, 1.82) is 0 Å². The summed E-state index contributed by atoms with van der Waals surface area (Å²) in [6.45, 7) is 2.13. The summed E-state index contributed by atoms with van der Waals surface area (Å²) in [6, 6.07) is 5.64. The van der Waals surface area contributed by atoms with E-state index in [-0.39, 0.29) is 5.91 Å². The van der Waals surface area contributed by atoms with Gasteiger partial charge in [-0.05, 0) is 30.4 Å². The summed E-state index contributed by atoms with van der Waals surface area (Å²) in [5.41, 5.74) is 7.44. The highest BCUT2D eigenvalue weighted by atomic mass is 32.2. The number of hydrogen-bond acceptors (Lipinski definition) is 5. The first-order valence-electron chi connectivity index (χ1n) is 6.29. The number of carbonyl (C=O) groups is 1. The molecule has 0 fully saturated rings. The topological polar surface area (TPSA) is 80.9 Å². The van der Waals surface area contributed by atoms with Gasteiger partial charge in [0.2, 0.25) is 0 Å². The number of nitrogen functional groups attached to an aromatic ring is 1. The van der Waals surface area contributed by atoms with Gasteiger partial charge in [-0.25, -0.2) is 9.97 Å². The minimum absolute atomic E-state index is 0.269. The second-order valence-corrected chi connectivity index (χ2v) is 5.35. The summed E-state index contributed by atoms with van der Waals surface area (Å²) < 4.78 is 0. The number of nitrogens with two attached hydrogens (primary N) is 1. The lowest BCUT2D eigenvalue weighted by Crippen LogP contribution is -2.13. The van der Waals surface area contributed by atoms with Gasteiger partial charge in [0.15, 0.2) is 0 Å². The van der Waals surface area contributed by atoms with E-state index < -0.39 is 0 Å². The van der Waals surface area contributed by atoms with Crippen LogP contribution in [-0.2, 0) is 0 Å². The molecule has 0 saturated carbocycles. The predicted octanol–water partition coefficient (Wildman–Crippen LogP) is 2.81. The van der Waals surface area contributed by atoms with E-state index in [1.807, 2.05) is 12.1 Å². The Labute approximate surface area is 122 Å². The number of benzene rings is 1. The van der Waals surface area contributed by atoms with Crippen molar-refractivity contribution in [2.75, 3.05) is 16.8 Å². The van der Waals surface area contributed by atoms with E-state index in [2.05, 4.69) is 22.2 Å². The van der Waals surface area contributed by atoms with Crippen LogP contribution in [0.25, 0.3) is 0 Å². The van der Waals surface area contributed by atoms with Crippen molar-refractivity contribution in [3.8, 4) is 0 Å². The van der Waals surface area contributed by atoms with Crippen LogP contribution in [0.15, 0.2) is 41.8 Å². The minimum atomic E-state index is -0.269. The molecule has 0 aliphatic heterocycles. The normalized spacial score (nSPS) is 10.2. The summed E-state index contributed by atoms with van der Waals surface area (Å²) in [4.78, 5) is 20.8. The lowest BCUT2D eigenvalue weighted by Gasteiger charge is -2.10. The summed E-state index contributed by atoms with van der Waals surface area (Å²) >= 11 is 1.73. The monoisotopic (exact) mass is 288 g/mol. The first kappa shape index (κ1) is 14.3. The van der Waals surface area contributed by atoms with Gasteiger partial charge in [-0.2, -0.15) is 0 Å². The molecular weight excluding hydrogens is 272 g/mol. The fourth-order valence-electron chi connectivity index (χ4n) is 1.56. The zero-order valence-electron chi connectivity index (χ0n) is 11.2. The summed E-state index contributed by atoms with van der Waals surface area (Å²) in [5, 5.41) is 2.79. The van der Waals surface area contributed by atoms with Crippen molar-refractivity contribution in [3.63, 3.8) is 0 Å². The molecule has 6 heteroatoms. The maximum atomic E-state index is 12.0. The van der Waals surface area contributed by atoms with Gasteiger partial charge in [0.1, 0.15) is 6.33 Å². The highest BCUT2D eigenvalue weighted by molar-refractivity contribution is 7.99. The first-order chi connectivity index (χ1) is 9.70. The molecule has 2 aromatic rings. The Morgan fingerprint density at radius 3 is 2.80 bits per heavy atom. The highest BCUT2D eigenvalue weighted by Crippen LogP contribution is 2.27. The second-order valence-electron chi connectivity index (χ2n) is 4.18. The van der Waals surface area contributed by atoms with Crippen molar-refractivity contribution in [2.24, 2.45) is 0 Å². The van der Waals surface area contributed by atoms with E-state index in [4.69, 9.17) is 5.73 Å². The van der Waals surface area contributed by atoms with Gasteiger partial charge in [-0.1, -0.05) is 6.92 Å². The van der Waals surface area contributed by atoms with Crippen LogP contribution in [0.4, 0.5) is 11.4 Å². The molecule has 0 radical (unpaired) electrons. The molecule has 0 aliphatic carbocycles. The molecule has 20 heavy (non-hydrogen) atoms. The Kier molecular flexibility index (Phi) is 4.95. The molecule has 0 spiro atoms. The number of hydrogen-bond donors (Lipinski definition) is 2. The fourth-order valence-corrected chi connectivity index (χ4v) is 2.37. The molecule has 1 amide bonds. The van der Waals surface area contributed by atoms with Crippen molar-refractivity contribution >= 4 is 29.0 Å². The number of nitrogens with one attached hydrogen (secondary N) is 1. The Balaban J connectivity index is 2.14. The van der Waals surface area contributed by atoms with E-state index in [1.54, 1.807) is 17.8 Å². The van der Waals surface area contributed by atoms with Crippen LogP contribution in [-0.4, -0.2) is 21.6 Å². The molecule has 3 N–H and O–H groups in total. The number of amides is 1. The molecule has 0 bridgehead atoms. The Morgan fingerprint density at radius 2 is 2.10 bits per heavy atom. The van der Waals surface area contributed by atoms with Crippen LogP contribution in [0.5, 0.6) is 0 Å². The second kappa shape index (κ2) is 6.91. The number of nitrogens with zero attached hydrogens (tertiary/aromatic N) is 2. The van der Waals surface area contributed by atoms with Gasteiger partial charge in [-0.3, -0.25) is 4.79 Å². The van der Waals surface area contributed by atoms with Crippen molar-refractivity contribution in [3.05, 3.63) is 42.5 Å². The summed E-state index contributed by atoms with van der Waals surface area (Å²) in [6.07, 6.45) is 5.41. The lowest BCUT2D eigenvalue weighted by atomic mass is 10.2. The van der Waals surface area contributed by atoms with Crippen LogP contribution in [0.1, 0.15) is 23.7 Å². The molecule has 1 aromatic heterocycles. The summed E-state index contributed by atoms with van der Waals surface area (Å²) in [7, 11) is 0. The zero-order valence-corrected chi connectivity index (χ0v) is 12.0. The maximum Gasteiger partial charge on any atom is 0.258 e. The number of thioether (sulfide) groups is 1. The van der Waals surface area contributed by atoms with Gasteiger partial charge in [-0.15, -0.1) is 11.8 Å². The smallest absolute Gasteiger partial charge is 0.258 e. The Hall–Kier alpha value is -2.08. The van der Waals surface area contributed by atoms with Gasteiger partial charge in [0.25, 0.3) is 5.91 Å². The number of anilines is 2. The SMILES string of the molecule is CCCSc1ccc(N)c(NC(=O)c2cncnc2)c1. The third-order valence-corrected chi connectivity index (χ3v) is 3.77. The molecule has 2 rings (SSSR count). The van der Waals surface area contributed by atoms with Crippen LogP contribution < -0.4 is 11.1 Å². The average molecular weight is 288 g/mol. The van der Waals surface area contributed by atoms with Crippen molar-refractivity contribution in [1.82, 2.24) is 9.97 Å². The van der Waals surface area contributed by atoms with Gasteiger partial charge >= 0.3 is 0 Å². The van der Waals surface area contributed by atoms with Gasteiger partial charge < -0.3 is 11.1 Å². The zero-order chi connectivity index (χ0) is 14.4. The number of rotatable bonds is 5. The molecule has 5 nitrogen and oxygen atoms in total. The third-order valence-electron chi connectivity index (χ3n) is 2.57. The van der Waals surface area contributed by atoms with Crippen LogP contribution in [0, 0.1) is 0 Å². The minimum Gasteiger partial charge on any atom is -0.397 e. The molecule has 0 saturated heterocycles. The van der Waals surface area contributed by atoms with Crippen LogP contribution in [0.2, 0.25) is 0 Å². The molecule has 1 heterocycles. The summed E-state index contributed by atoms with van der Waals surface area (Å²) in [5.74, 6) is 0.763. The first-order valence-corrected chi connectivity index (χ1v) is 7.28. The largest absolute Gasteiger partial charge is 0.397 e. The van der Waals surface area contributed by atoms with E-state index in [9.17, 15) is 4.79 Å². The van der Waals surface area contributed by atoms with Crippen molar-refractivity contribution in [2.45, 2.75) is 18.2 Å². The Bertz CT molecular complexity index is 589. The quantitative estimate of drug-likeness (QED) is 0.653. The van der Waals surface area contributed by atoms with Crippen LogP contribution in [0.3, 0.4) is 0 Å². The third kappa shape index (κ3) is 3.71. The molecule has 1 aromatic carbocycles. The van der Waals surface area contributed by atoms with E-state index in [1.165, 1.54) is 18.7 Å². The van der Waals surface area contributed by atoms with E-state index >= 15 is 0 Å². The molecule has 104 valence electrons. The number of aromatic nitrogens is 2. The number of carbonyl (C=O) groups excluding carboxylic acids is 1. The van der Waals surface area contributed by atoms with Crippen molar-refractivity contribution < 1.29 is 4.79 Å². The average Bonchev–Trinajstić information content (AvgIpc) is 2.49. The molecule has 0 unspecified atom stereocenters. The molecular formula is C14H16N4OS. The van der Waals surface area contributed by atoms with Crippen LogP contribution >= 0.6 is 11.8 Å². The van der Waals surface area contributed by atoms with Gasteiger partial charge in [0.05, 0.1) is 16.9 Å². The molecule has 0 atom stereocenters. The predicted molar refractivity (Wildman–Crippen MR) is 81.9 cm³/mol. The Morgan fingerprint density at radius 1 is 1.35 bits per heavy atom. The van der Waals surface area contributed by atoms with Gasteiger partial charge in [0, 0.05) is 17.3 Å². The van der Waals surface area contributed by atoms with E-state index in [0.29, 0.717) is 16.9 Å². The fraction of sp³-hybridized carbons (Fsp3) is 0.214. The van der Waals surface area contributed by atoms with E-state index in [0.717, 1.165) is 17.1 Å². The maximum absolute atomic E-state index is 12.0. The lowest BCUT2D eigenvalue weighted by molar-refractivity contribution is 0.102. The molecule has 0 aliphatic rings. The standard InChI is InChI=1S/C14H16N4OS/c1-2-5-20-11-3-4-12(15)13(6-11)18-14(19)10-7-16-9-17-8-10/h3-4,6-9H,2,5,15H2,1H3,(H,18,19). The highest BCUT2D eigenvalue weighted by Gasteiger charge is 2.09.